The van der Waals surface area contributed by atoms with Crippen LogP contribution in [-0.4, -0.2) is 20.5 Å². The van der Waals surface area contributed by atoms with E-state index < -0.39 is 5.92 Å². The van der Waals surface area contributed by atoms with Crippen LogP contribution in [0.25, 0.3) is 11.4 Å². The lowest BCUT2D eigenvalue weighted by atomic mass is 9.84. The number of ketones is 1. The maximum absolute atomic E-state index is 12.7. The maximum atomic E-state index is 12.7. The first-order valence-electron chi connectivity index (χ1n) is 7.75. The van der Waals surface area contributed by atoms with E-state index in [2.05, 4.69) is 22.3 Å². The number of nitriles is 1. The van der Waals surface area contributed by atoms with Gasteiger partial charge in [-0.15, -0.1) is 10.2 Å². The third kappa shape index (κ3) is 2.93. The van der Waals surface area contributed by atoms with Crippen LogP contribution in [0, 0.1) is 17.2 Å². The molecule has 0 bridgehead atoms. The first-order chi connectivity index (χ1) is 11.2. The average Bonchev–Trinajstić information content (AvgIpc) is 2.99. The van der Waals surface area contributed by atoms with Crippen LogP contribution >= 0.6 is 0 Å². The molecule has 3 rings (SSSR count). The molecule has 0 amide bonds. The van der Waals surface area contributed by atoms with Crippen molar-refractivity contribution in [2.45, 2.75) is 25.2 Å². The molecule has 5 nitrogen and oxygen atoms in total. The zero-order chi connectivity index (χ0) is 16.2. The molecular weight excluding hydrogens is 288 g/mol. The molecule has 1 heterocycles. The number of allylic oxidation sites excluding steroid dienone is 2. The fraction of sp³-hybridized carbons (Fsp3) is 0.333. The van der Waals surface area contributed by atoms with E-state index in [-0.39, 0.29) is 11.7 Å². The topological polar surface area (TPSA) is 71.6 Å². The highest BCUT2D eigenvalue weighted by Gasteiger charge is 2.32. The Kier molecular flexibility index (Phi) is 4.33. The third-order valence-corrected chi connectivity index (χ3v) is 4.28. The largest absolute Gasteiger partial charge is 0.313 e. The average molecular weight is 306 g/mol. The predicted molar refractivity (Wildman–Crippen MR) is 86.3 cm³/mol. The molecule has 1 aliphatic rings. The Morgan fingerprint density at radius 1 is 1.30 bits per heavy atom. The van der Waals surface area contributed by atoms with Crippen molar-refractivity contribution >= 4 is 5.78 Å². The minimum absolute atomic E-state index is 0.0491. The van der Waals surface area contributed by atoms with E-state index in [0.29, 0.717) is 18.1 Å². The monoisotopic (exact) mass is 306 g/mol. The zero-order valence-corrected chi connectivity index (χ0v) is 13.0. The second kappa shape index (κ2) is 6.57. The summed E-state index contributed by atoms with van der Waals surface area (Å²) < 4.78 is 1.75. The number of hydrogen-bond donors (Lipinski definition) is 0. The third-order valence-electron chi connectivity index (χ3n) is 4.28. The summed E-state index contributed by atoms with van der Waals surface area (Å²) in [4.78, 5) is 12.7. The Morgan fingerprint density at radius 3 is 2.74 bits per heavy atom. The lowest BCUT2D eigenvalue weighted by Gasteiger charge is -2.18. The summed E-state index contributed by atoms with van der Waals surface area (Å²) in [6, 6.07) is 11.8. The van der Waals surface area contributed by atoms with Gasteiger partial charge in [0.15, 0.2) is 23.3 Å². The molecule has 0 saturated heterocycles. The molecule has 0 fully saturated rings. The highest BCUT2D eigenvalue weighted by Crippen LogP contribution is 2.28. The molecule has 0 unspecified atom stereocenters. The van der Waals surface area contributed by atoms with Gasteiger partial charge in [0, 0.05) is 18.5 Å². The molecule has 1 aliphatic carbocycles. The van der Waals surface area contributed by atoms with Crippen LogP contribution < -0.4 is 0 Å². The first kappa shape index (κ1) is 15.2. The van der Waals surface area contributed by atoms with E-state index in [0.717, 1.165) is 18.4 Å². The van der Waals surface area contributed by atoms with Gasteiger partial charge in [0.1, 0.15) is 0 Å². The van der Waals surface area contributed by atoms with E-state index >= 15 is 0 Å². The van der Waals surface area contributed by atoms with Gasteiger partial charge in [0.25, 0.3) is 0 Å². The normalized spacial score (nSPS) is 18.3. The van der Waals surface area contributed by atoms with Gasteiger partial charge in [-0.1, -0.05) is 42.5 Å². The van der Waals surface area contributed by atoms with E-state index in [9.17, 15) is 10.1 Å². The number of benzene rings is 1. The number of hydrogen-bond acceptors (Lipinski definition) is 4. The van der Waals surface area contributed by atoms with Crippen molar-refractivity contribution in [3.05, 3.63) is 48.3 Å². The van der Waals surface area contributed by atoms with E-state index in [1.54, 1.807) is 11.6 Å². The minimum atomic E-state index is -0.860. The van der Waals surface area contributed by atoms with Gasteiger partial charge in [-0.2, -0.15) is 5.26 Å². The van der Waals surface area contributed by atoms with Gasteiger partial charge in [0.05, 0.1) is 6.07 Å². The molecular formula is C18H18N4O. The molecule has 1 aromatic heterocycles. The van der Waals surface area contributed by atoms with Gasteiger partial charge in [-0.3, -0.25) is 4.79 Å². The van der Waals surface area contributed by atoms with Gasteiger partial charge >= 0.3 is 0 Å². The highest BCUT2D eigenvalue weighted by atomic mass is 16.1. The highest BCUT2D eigenvalue weighted by molar-refractivity contribution is 5.90. The SMILES string of the molecule is Cn1c(-c2ccccc2)nnc1[C@H](C#N)C(=O)[C@@H]1CC=CCC1. The Bertz CT molecular complexity index is 770. The lowest BCUT2D eigenvalue weighted by molar-refractivity contribution is -0.123. The molecule has 23 heavy (non-hydrogen) atoms. The summed E-state index contributed by atoms with van der Waals surface area (Å²) in [5.41, 5.74) is 0.915. The molecule has 0 N–H and O–H groups in total. The molecule has 1 aromatic carbocycles. The van der Waals surface area contributed by atoms with Crippen LogP contribution in [0.2, 0.25) is 0 Å². The van der Waals surface area contributed by atoms with E-state index in [1.165, 1.54) is 0 Å². The van der Waals surface area contributed by atoms with Gasteiger partial charge < -0.3 is 4.57 Å². The van der Waals surface area contributed by atoms with Crippen LogP contribution in [0.1, 0.15) is 31.0 Å². The summed E-state index contributed by atoms with van der Waals surface area (Å²) in [6.07, 6.45) is 6.51. The van der Waals surface area contributed by atoms with E-state index in [1.807, 2.05) is 36.4 Å². The summed E-state index contributed by atoms with van der Waals surface area (Å²) in [5, 5.41) is 17.8. The summed E-state index contributed by atoms with van der Waals surface area (Å²) in [6.45, 7) is 0. The molecule has 116 valence electrons. The smallest absolute Gasteiger partial charge is 0.165 e. The Balaban J connectivity index is 1.91. The number of nitrogens with zero attached hydrogens (tertiary/aromatic N) is 4. The van der Waals surface area contributed by atoms with Crippen molar-refractivity contribution in [1.29, 1.82) is 5.26 Å². The first-order valence-corrected chi connectivity index (χ1v) is 7.75. The molecule has 5 heteroatoms. The quantitative estimate of drug-likeness (QED) is 0.814. The molecule has 0 radical (unpaired) electrons. The fourth-order valence-electron chi connectivity index (χ4n) is 2.97. The number of carbonyl (C=O) groups excluding carboxylic acids is 1. The van der Waals surface area contributed by atoms with Crippen molar-refractivity contribution in [2.24, 2.45) is 13.0 Å². The molecule has 0 saturated carbocycles. The predicted octanol–water partition coefficient (Wildman–Crippen LogP) is 3.01. The van der Waals surface area contributed by atoms with Gasteiger partial charge in [-0.05, 0) is 19.3 Å². The van der Waals surface area contributed by atoms with Crippen LogP contribution in [0.5, 0.6) is 0 Å². The van der Waals surface area contributed by atoms with Crippen molar-refractivity contribution in [1.82, 2.24) is 14.8 Å². The standard InChI is InChI=1S/C18H18N4O/c1-22-17(14-10-6-3-7-11-14)20-21-18(22)15(12-19)16(23)13-8-4-2-5-9-13/h2-4,6-7,10-11,13,15H,5,8-9H2,1H3/t13-,15-/m1/s1. The summed E-state index contributed by atoms with van der Waals surface area (Å²) in [5.74, 6) is 0.0815. The Labute approximate surface area is 135 Å². The number of aromatic nitrogens is 3. The summed E-state index contributed by atoms with van der Waals surface area (Å²) >= 11 is 0. The van der Waals surface area contributed by atoms with Crippen LogP contribution in [0.15, 0.2) is 42.5 Å². The number of Topliss-reactive ketones (excluding diaryl/α,β-unsaturated/α-hetero) is 1. The summed E-state index contributed by atoms with van der Waals surface area (Å²) in [7, 11) is 1.80. The molecule has 0 aliphatic heterocycles. The molecule has 2 atom stereocenters. The van der Waals surface area contributed by atoms with Gasteiger partial charge in [-0.25, -0.2) is 0 Å². The molecule has 0 spiro atoms. The maximum Gasteiger partial charge on any atom is 0.165 e. The van der Waals surface area contributed by atoms with Crippen molar-refractivity contribution in [2.75, 3.05) is 0 Å². The second-order valence-corrected chi connectivity index (χ2v) is 5.75. The van der Waals surface area contributed by atoms with Crippen molar-refractivity contribution < 1.29 is 4.79 Å². The molecule has 2 aromatic rings. The van der Waals surface area contributed by atoms with E-state index in [4.69, 9.17) is 0 Å². The Morgan fingerprint density at radius 2 is 2.09 bits per heavy atom. The lowest BCUT2D eigenvalue weighted by Crippen LogP contribution is -2.24. The fourth-order valence-corrected chi connectivity index (χ4v) is 2.97. The Hall–Kier alpha value is -2.74. The number of carbonyl (C=O) groups is 1. The van der Waals surface area contributed by atoms with Crippen molar-refractivity contribution in [3.63, 3.8) is 0 Å². The van der Waals surface area contributed by atoms with Gasteiger partial charge in [0.2, 0.25) is 0 Å². The zero-order valence-electron chi connectivity index (χ0n) is 13.0. The van der Waals surface area contributed by atoms with Crippen molar-refractivity contribution in [3.8, 4) is 17.5 Å². The number of rotatable bonds is 4. The van der Waals surface area contributed by atoms with Crippen LogP contribution in [0.3, 0.4) is 0 Å². The van der Waals surface area contributed by atoms with Crippen LogP contribution in [0.4, 0.5) is 0 Å². The second-order valence-electron chi connectivity index (χ2n) is 5.75. The minimum Gasteiger partial charge on any atom is -0.313 e. The van der Waals surface area contributed by atoms with Crippen LogP contribution in [-0.2, 0) is 11.8 Å².